The van der Waals surface area contributed by atoms with Crippen LogP contribution in [0.2, 0.25) is 0 Å². The number of aryl methyl sites for hydroxylation is 1. The third-order valence-corrected chi connectivity index (χ3v) is 6.41. The summed E-state index contributed by atoms with van der Waals surface area (Å²) in [5, 5.41) is 21.0. The van der Waals surface area contributed by atoms with E-state index < -0.39 is 17.7 Å². The number of ketones is 1. The topological polar surface area (TPSA) is 99.5 Å². The van der Waals surface area contributed by atoms with Crippen LogP contribution in [0.1, 0.15) is 29.2 Å². The van der Waals surface area contributed by atoms with Crippen LogP contribution in [0.3, 0.4) is 0 Å². The van der Waals surface area contributed by atoms with Gasteiger partial charge in [0, 0.05) is 31.7 Å². The van der Waals surface area contributed by atoms with E-state index in [2.05, 4.69) is 4.90 Å². The maximum Gasteiger partial charge on any atom is 0.295 e. The first-order valence-electron chi connectivity index (χ1n) is 11.4. The van der Waals surface area contributed by atoms with E-state index in [1.165, 1.54) is 17.0 Å². The Morgan fingerprint density at radius 2 is 1.79 bits per heavy atom. The number of phenols is 1. The minimum absolute atomic E-state index is 0.0512. The molecule has 180 valence electrons. The summed E-state index contributed by atoms with van der Waals surface area (Å²) in [5.74, 6) is -0.844. The molecule has 2 aromatic rings. The van der Waals surface area contributed by atoms with Crippen molar-refractivity contribution < 1.29 is 29.3 Å². The second-order valence-electron chi connectivity index (χ2n) is 8.57. The van der Waals surface area contributed by atoms with Crippen LogP contribution in [0.25, 0.3) is 5.76 Å². The number of aliphatic hydroxyl groups excluding tert-OH is 1. The number of carbonyl (C=O) groups excluding carboxylic acids is 2. The molecule has 0 aliphatic carbocycles. The van der Waals surface area contributed by atoms with Gasteiger partial charge in [-0.3, -0.25) is 14.5 Å². The number of benzene rings is 2. The number of morpholine rings is 1. The van der Waals surface area contributed by atoms with Gasteiger partial charge in [-0.2, -0.15) is 0 Å². The Kier molecular flexibility index (Phi) is 7.19. The predicted octanol–water partition coefficient (Wildman–Crippen LogP) is 2.85. The number of methoxy groups -OCH3 is 1. The van der Waals surface area contributed by atoms with Crippen molar-refractivity contribution in [2.45, 2.75) is 19.4 Å². The number of hydrogen-bond donors (Lipinski definition) is 2. The average Bonchev–Trinajstić information content (AvgIpc) is 3.09. The van der Waals surface area contributed by atoms with E-state index in [1.54, 1.807) is 37.4 Å². The smallest absolute Gasteiger partial charge is 0.295 e. The second-order valence-corrected chi connectivity index (χ2v) is 8.57. The average molecular weight is 467 g/mol. The maximum absolute atomic E-state index is 13.2. The number of nitrogens with zero attached hydrogens (tertiary/aromatic N) is 2. The molecule has 34 heavy (non-hydrogen) atoms. The Bertz CT molecular complexity index is 1090. The summed E-state index contributed by atoms with van der Waals surface area (Å²) in [6.07, 6.45) is 0.684. The zero-order valence-electron chi connectivity index (χ0n) is 19.5. The van der Waals surface area contributed by atoms with Crippen LogP contribution in [-0.4, -0.2) is 78.2 Å². The van der Waals surface area contributed by atoms with E-state index >= 15 is 0 Å². The van der Waals surface area contributed by atoms with Crippen molar-refractivity contribution in [1.29, 1.82) is 0 Å². The van der Waals surface area contributed by atoms with E-state index in [-0.39, 0.29) is 17.1 Å². The molecular weight excluding hydrogens is 436 g/mol. The first-order valence-corrected chi connectivity index (χ1v) is 11.4. The molecule has 2 aliphatic heterocycles. The SMILES string of the molecule is COc1ccc(/C(O)=C2\C(=O)C(=O)N(CCCN3CCOCC3)C2c2ccc(O)cc2)c(C)c1. The van der Waals surface area contributed by atoms with Gasteiger partial charge < -0.3 is 24.6 Å². The summed E-state index contributed by atoms with van der Waals surface area (Å²) in [5.41, 5.74) is 1.89. The lowest BCUT2D eigenvalue weighted by molar-refractivity contribution is -0.140. The molecule has 4 rings (SSSR count). The van der Waals surface area contributed by atoms with Crippen LogP contribution in [0.5, 0.6) is 11.5 Å². The van der Waals surface area contributed by atoms with Gasteiger partial charge in [0.1, 0.15) is 17.3 Å². The summed E-state index contributed by atoms with van der Waals surface area (Å²) in [7, 11) is 1.56. The third-order valence-electron chi connectivity index (χ3n) is 6.41. The quantitative estimate of drug-likeness (QED) is 0.368. The number of aromatic hydroxyl groups is 1. The fourth-order valence-electron chi connectivity index (χ4n) is 4.58. The lowest BCUT2D eigenvalue weighted by atomic mass is 9.93. The van der Waals surface area contributed by atoms with E-state index in [4.69, 9.17) is 9.47 Å². The summed E-state index contributed by atoms with van der Waals surface area (Å²) in [4.78, 5) is 30.1. The first kappa shape index (κ1) is 23.8. The Hall–Kier alpha value is -3.36. The highest BCUT2D eigenvalue weighted by Gasteiger charge is 2.46. The Balaban J connectivity index is 1.69. The highest BCUT2D eigenvalue weighted by molar-refractivity contribution is 6.46. The molecule has 2 aromatic carbocycles. The molecule has 0 aromatic heterocycles. The number of amides is 1. The van der Waals surface area contributed by atoms with E-state index in [9.17, 15) is 19.8 Å². The predicted molar refractivity (Wildman–Crippen MR) is 127 cm³/mol. The number of ether oxygens (including phenoxy) is 2. The largest absolute Gasteiger partial charge is 0.508 e. The molecule has 2 fully saturated rings. The van der Waals surface area contributed by atoms with E-state index in [1.807, 2.05) is 6.92 Å². The standard InChI is InChI=1S/C26H30N2O6/c1-17-16-20(33-2)8-9-21(17)24(30)22-23(18-4-6-19(29)7-5-18)28(26(32)25(22)31)11-3-10-27-12-14-34-15-13-27/h4-9,16,23,29-30H,3,10-15H2,1-2H3/b24-22+. The van der Waals surface area contributed by atoms with Crippen molar-refractivity contribution in [2.75, 3.05) is 46.5 Å². The van der Waals surface area contributed by atoms with Gasteiger partial charge >= 0.3 is 0 Å². The lowest BCUT2D eigenvalue weighted by Gasteiger charge is -2.29. The minimum atomic E-state index is -0.744. The van der Waals surface area contributed by atoms with Crippen molar-refractivity contribution in [3.05, 3.63) is 64.7 Å². The van der Waals surface area contributed by atoms with Crippen molar-refractivity contribution in [1.82, 2.24) is 9.80 Å². The summed E-state index contributed by atoms with van der Waals surface area (Å²) in [6.45, 7) is 6.04. The van der Waals surface area contributed by atoms with Gasteiger partial charge in [-0.25, -0.2) is 0 Å². The highest BCUT2D eigenvalue weighted by Crippen LogP contribution is 2.40. The second kappa shape index (κ2) is 10.3. The molecule has 0 bridgehead atoms. The van der Waals surface area contributed by atoms with Crippen LogP contribution in [0.15, 0.2) is 48.0 Å². The normalized spacial score (nSPS) is 20.6. The number of rotatable bonds is 7. The zero-order chi connectivity index (χ0) is 24.2. The number of hydrogen-bond acceptors (Lipinski definition) is 7. The summed E-state index contributed by atoms with van der Waals surface area (Å²) in [6, 6.07) is 10.8. The van der Waals surface area contributed by atoms with Crippen molar-refractivity contribution in [3.63, 3.8) is 0 Å². The van der Waals surface area contributed by atoms with Crippen LogP contribution >= 0.6 is 0 Å². The summed E-state index contributed by atoms with van der Waals surface area (Å²) < 4.78 is 10.6. The van der Waals surface area contributed by atoms with Gasteiger partial charge in [-0.1, -0.05) is 12.1 Å². The molecular formula is C26H30N2O6. The monoisotopic (exact) mass is 466 g/mol. The van der Waals surface area contributed by atoms with Gasteiger partial charge in [0.05, 0.1) is 31.9 Å². The Labute approximate surface area is 199 Å². The van der Waals surface area contributed by atoms with Crippen molar-refractivity contribution >= 4 is 17.4 Å². The molecule has 2 saturated heterocycles. The number of Topliss-reactive ketones (excluding diaryl/α,β-unsaturated/α-hetero) is 1. The molecule has 8 heteroatoms. The number of likely N-dealkylation sites (tertiary alicyclic amines) is 1. The molecule has 8 nitrogen and oxygen atoms in total. The molecule has 0 saturated carbocycles. The van der Waals surface area contributed by atoms with Crippen LogP contribution in [-0.2, 0) is 14.3 Å². The molecule has 2 heterocycles. The molecule has 1 unspecified atom stereocenters. The molecule has 2 N–H and O–H groups in total. The molecule has 0 spiro atoms. The van der Waals surface area contributed by atoms with Crippen LogP contribution in [0.4, 0.5) is 0 Å². The molecule has 1 atom stereocenters. The van der Waals surface area contributed by atoms with Gasteiger partial charge in [-0.05, 0) is 54.8 Å². The van der Waals surface area contributed by atoms with Crippen LogP contribution < -0.4 is 4.74 Å². The van der Waals surface area contributed by atoms with Gasteiger partial charge in [0.25, 0.3) is 11.7 Å². The molecule has 1 amide bonds. The Morgan fingerprint density at radius 3 is 2.44 bits per heavy atom. The van der Waals surface area contributed by atoms with E-state index in [0.717, 1.165) is 25.2 Å². The fourth-order valence-corrected chi connectivity index (χ4v) is 4.58. The Morgan fingerprint density at radius 1 is 1.09 bits per heavy atom. The van der Waals surface area contributed by atoms with Crippen molar-refractivity contribution in [2.24, 2.45) is 0 Å². The third kappa shape index (κ3) is 4.78. The minimum Gasteiger partial charge on any atom is -0.508 e. The zero-order valence-corrected chi connectivity index (χ0v) is 19.5. The lowest BCUT2D eigenvalue weighted by Crippen LogP contribution is -2.38. The van der Waals surface area contributed by atoms with Gasteiger partial charge in [0.2, 0.25) is 0 Å². The maximum atomic E-state index is 13.2. The highest BCUT2D eigenvalue weighted by atomic mass is 16.5. The number of carbonyl (C=O) groups is 2. The van der Waals surface area contributed by atoms with E-state index in [0.29, 0.717) is 43.1 Å². The van der Waals surface area contributed by atoms with Crippen LogP contribution in [0, 0.1) is 6.92 Å². The molecule has 2 aliphatic rings. The number of phenolic OH excluding ortho intramolecular Hbond substituents is 1. The number of aliphatic hydroxyl groups is 1. The first-order chi connectivity index (χ1) is 16.4. The van der Waals surface area contributed by atoms with Crippen molar-refractivity contribution in [3.8, 4) is 11.5 Å². The molecule has 0 radical (unpaired) electrons. The summed E-state index contributed by atoms with van der Waals surface area (Å²) >= 11 is 0. The fraction of sp³-hybridized carbons (Fsp3) is 0.385. The van der Waals surface area contributed by atoms with Gasteiger partial charge in [0.15, 0.2) is 0 Å². The van der Waals surface area contributed by atoms with Gasteiger partial charge in [-0.15, -0.1) is 0 Å².